The molecule has 3 nitrogen and oxygen atoms in total. The maximum Gasteiger partial charge on any atom is 0.131 e. The number of ether oxygens (including phenoxy) is 1. The van der Waals surface area contributed by atoms with E-state index in [0.29, 0.717) is 11.3 Å². The van der Waals surface area contributed by atoms with Crippen LogP contribution >= 0.6 is 0 Å². The molecule has 1 aromatic rings. The van der Waals surface area contributed by atoms with Crippen LogP contribution < -0.4 is 10.1 Å². The molecule has 0 radical (unpaired) electrons. The molecular weight excluding hydrogens is 243 g/mol. The zero-order chi connectivity index (χ0) is 14.3. The van der Waals surface area contributed by atoms with Crippen LogP contribution in [0, 0.1) is 5.82 Å². The Kier molecular flexibility index (Phi) is 6.81. The third-order valence-electron chi connectivity index (χ3n) is 3.09. The predicted octanol–water partition coefficient (Wildman–Crippen LogP) is 2.83. The Bertz CT molecular complexity index is 382. The van der Waals surface area contributed by atoms with E-state index in [1.165, 1.54) is 6.07 Å². The summed E-state index contributed by atoms with van der Waals surface area (Å²) in [7, 11) is 5.63. The summed E-state index contributed by atoms with van der Waals surface area (Å²) in [6, 6.07) is 4.97. The summed E-state index contributed by atoms with van der Waals surface area (Å²) in [5.74, 6) is 0.416. The molecule has 0 heterocycles. The number of methoxy groups -OCH3 is 1. The first-order valence-corrected chi connectivity index (χ1v) is 6.80. The summed E-state index contributed by atoms with van der Waals surface area (Å²) in [5, 5.41) is 3.41. The van der Waals surface area contributed by atoms with Crippen molar-refractivity contribution in [2.75, 3.05) is 34.3 Å². The molecule has 0 fully saturated rings. The fourth-order valence-electron chi connectivity index (χ4n) is 2.09. The van der Waals surface area contributed by atoms with E-state index in [9.17, 15) is 4.39 Å². The summed E-state index contributed by atoms with van der Waals surface area (Å²) in [4.78, 5) is 2.11. The van der Waals surface area contributed by atoms with Gasteiger partial charge in [0, 0.05) is 11.6 Å². The Morgan fingerprint density at radius 1 is 1.37 bits per heavy atom. The zero-order valence-electron chi connectivity index (χ0n) is 12.4. The van der Waals surface area contributed by atoms with Gasteiger partial charge in [0.1, 0.15) is 11.6 Å². The molecule has 0 bridgehead atoms. The molecule has 108 valence electrons. The van der Waals surface area contributed by atoms with Gasteiger partial charge in [-0.2, -0.15) is 0 Å². The number of hydrogen-bond acceptors (Lipinski definition) is 3. The monoisotopic (exact) mass is 268 g/mol. The molecule has 1 atom stereocenters. The van der Waals surface area contributed by atoms with Gasteiger partial charge in [-0.3, -0.25) is 0 Å². The molecule has 19 heavy (non-hydrogen) atoms. The number of hydrogen-bond donors (Lipinski definition) is 1. The normalized spacial score (nSPS) is 12.7. The van der Waals surface area contributed by atoms with E-state index in [2.05, 4.69) is 17.1 Å². The molecule has 0 aliphatic rings. The molecule has 0 aromatic heterocycles. The Labute approximate surface area is 115 Å². The van der Waals surface area contributed by atoms with Gasteiger partial charge in [-0.05, 0) is 52.2 Å². The second-order valence-electron chi connectivity index (χ2n) is 4.95. The summed E-state index contributed by atoms with van der Waals surface area (Å²) in [5.41, 5.74) is 0.639. The highest BCUT2D eigenvalue weighted by molar-refractivity contribution is 5.37. The molecule has 1 unspecified atom stereocenters. The lowest BCUT2D eigenvalue weighted by Crippen LogP contribution is -2.27. The van der Waals surface area contributed by atoms with Gasteiger partial charge in [0.2, 0.25) is 0 Å². The lowest BCUT2D eigenvalue weighted by atomic mass is 10.0. The zero-order valence-corrected chi connectivity index (χ0v) is 12.4. The Morgan fingerprint density at radius 3 is 2.68 bits per heavy atom. The largest absolute Gasteiger partial charge is 0.496 e. The van der Waals surface area contributed by atoms with Crippen molar-refractivity contribution in [3.05, 3.63) is 29.6 Å². The van der Waals surface area contributed by atoms with Crippen molar-refractivity contribution < 1.29 is 9.13 Å². The molecule has 0 saturated heterocycles. The topological polar surface area (TPSA) is 24.5 Å². The third-order valence-corrected chi connectivity index (χ3v) is 3.09. The van der Waals surface area contributed by atoms with Crippen LogP contribution in [0.1, 0.15) is 31.4 Å². The molecular formula is C15H25FN2O. The van der Waals surface area contributed by atoms with Gasteiger partial charge >= 0.3 is 0 Å². The highest BCUT2D eigenvalue weighted by atomic mass is 19.1. The SMILES string of the molecule is CCCNC(CCN(C)C)c1c(F)cccc1OC. The van der Waals surface area contributed by atoms with E-state index >= 15 is 0 Å². The van der Waals surface area contributed by atoms with Crippen molar-refractivity contribution >= 4 is 0 Å². The van der Waals surface area contributed by atoms with Crippen LogP contribution in [0.4, 0.5) is 4.39 Å². The van der Waals surface area contributed by atoms with Gasteiger partial charge < -0.3 is 15.0 Å². The van der Waals surface area contributed by atoms with Crippen molar-refractivity contribution in [1.29, 1.82) is 0 Å². The quantitative estimate of drug-likeness (QED) is 0.784. The van der Waals surface area contributed by atoms with Crippen LogP contribution in [0.5, 0.6) is 5.75 Å². The maximum atomic E-state index is 14.1. The van der Waals surface area contributed by atoms with E-state index < -0.39 is 0 Å². The van der Waals surface area contributed by atoms with E-state index in [0.717, 1.165) is 25.9 Å². The van der Waals surface area contributed by atoms with Gasteiger partial charge in [0.05, 0.1) is 7.11 Å². The van der Waals surface area contributed by atoms with Crippen molar-refractivity contribution in [3.8, 4) is 5.75 Å². The second kappa shape index (κ2) is 8.12. The van der Waals surface area contributed by atoms with Crippen molar-refractivity contribution in [1.82, 2.24) is 10.2 Å². The third kappa shape index (κ3) is 4.80. The van der Waals surface area contributed by atoms with Crippen LogP contribution in [0.2, 0.25) is 0 Å². The highest BCUT2D eigenvalue weighted by Crippen LogP contribution is 2.29. The van der Waals surface area contributed by atoms with Gasteiger partial charge in [0.25, 0.3) is 0 Å². The molecule has 0 saturated carbocycles. The van der Waals surface area contributed by atoms with E-state index in [1.807, 2.05) is 20.2 Å². The van der Waals surface area contributed by atoms with Crippen LogP contribution in [0.15, 0.2) is 18.2 Å². The fourth-order valence-corrected chi connectivity index (χ4v) is 2.09. The minimum atomic E-state index is -0.202. The first-order chi connectivity index (χ1) is 9.10. The van der Waals surface area contributed by atoms with Gasteiger partial charge in [-0.25, -0.2) is 4.39 Å². The van der Waals surface area contributed by atoms with E-state index in [4.69, 9.17) is 4.74 Å². The maximum absolute atomic E-state index is 14.1. The second-order valence-corrected chi connectivity index (χ2v) is 4.95. The van der Waals surface area contributed by atoms with Gasteiger partial charge in [0.15, 0.2) is 0 Å². The van der Waals surface area contributed by atoms with Crippen LogP contribution in [-0.4, -0.2) is 39.2 Å². The predicted molar refractivity (Wildman–Crippen MR) is 77.2 cm³/mol. The average Bonchev–Trinajstić information content (AvgIpc) is 2.39. The number of nitrogens with zero attached hydrogens (tertiary/aromatic N) is 1. The minimum Gasteiger partial charge on any atom is -0.496 e. The lowest BCUT2D eigenvalue weighted by molar-refractivity contribution is 0.343. The molecule has 4 heteroatoms. The molecule has 1 aromatic carbocycles. The number of benzene rings is 1. The van der Waals surface area contributed by atoms with Crippen LogP contribution in [-0.2, 0) is 0 Å². The summed E-state index contributed by atoms with van der Waals surface area (Å²) in [6.07, 6.45) is 1.87. The van der Waals surface area contributed by atoms with E-state index in [-0.39, 0.29) is 11.9 Å². The standard InChI is InChI=1S/C15H25FN2O/c1-5-10-17-13(9-11-18(2)3)15-12(16)7-6-8-14(15)19-4/h6-8,13,17H,5,9-11H2,1-4H3. The van der Waals surface area contributed by atoms with E-state index in [1.54, 1.807) is 13.2 Å². The molecule has 1 N–H and O–H groups in total. The Hall–Kier alpha value is -1.13. The van der Waals surface area contributed by atoms with Crippen molar-refractivity contribution in [2.45, 2.75) is 25.8 Å². The highest BCUT2D eigenvalue weighted by Gasteiger charge is 2.19. The Balaban J connectivity index is 2.94. The first-order valence-electron chi connectivity index (χ1n) is 6.80. The van der Waals surface area contributed by atoms with Gasteiger partial charge in [-0.1, -0.05) is 13.0 Å². The number of halogens is 1. The summed E-state index contributed by atoms with van der Waals surface area (Å²) < 4.78 is 19.4. The summed E-state index contributed by atoms with van der Waals surface area (Å²) >= 11 is 0. The number of rotatable bonds is 8. The van der Waals surface area contributed by atoms with Crippen LogP contribution in [0.3, 0.4) is 0 Å². The molecule has 0 spiro atoms. The lowest BCUT2D eigenvalue weighted by Gasteiger charge is -2.23. The van der Waals surface area contributed by atoms with Crippen molar-refractivity contribution in [2.24, 2.45) is 0 Å². The molecule has 0 amide bonds. The molecule has 1 rings (SSSR count). The minimum absolute atomic E-state index is 0.0153. The van der Waals surface area contributed by atoms with Gasteiger partial charge in [-0.15, -0.1) is 0 Å². The van der Waals surface area contributed by atoms with Crippen LogP contribution in [0.25, 0.3) is 0 Å². The fraction of sp³-hybridized carbons (Fsp3) is 0.600. The Morgan fingerprint density at radius 2 is 2.11 bits per heavy atom. The number of nitrogens with one attached hydrogen (secondary N) is 1. The summed E-state index contributed by atoms with van der Waals surface area (Å²) in [6.45, 7) is 3.88. The first kappa shape index (κ1) is 15.9. The smallest absolute Gasteiger partial charge is 0.131 e. The molecule has 0 aliphatic heterocycles. The molecule has 0 aliphatic carbocycles. The average molecular weight is 268 g/mol. The van der Waals surface area contributed by atoms with Crippen molar-refractivity contribution in [3.63, 3.8) is 0 Å².